The molecule has 0 unspecified atom stereocenters. The van der Waals surface area contributed by atoms with Crippen LogP contribution in [0, 0.1) is 27.7 Å². The number of carbonyl (C=O) groups excluding carboxylic acids is 1. The number of carbonyl (C=O) groups is 1. The van der Waals surface area contributed by atoms with Crippen molar-refractivity contribution < 1.29 is 4.79 Å². The summed E-state index contributed by atoms with van der Waals surface area (Å²) in [7, 11) is 0. The van der Waals surface area contributed by atoms with E-state index in [2.05, 4.69) is 31.4 Å². The molecule has 0 spiro atoms. The number of amides is 1. The molecule has 0 atom stereocenters. The van der Waals surface area contributed by atoms with Gasteiger partial charge in [-0.1, -0.05) is 15.9 Å². The van der Waals surface area contributed by atoms with Crippen LogP contribution in [0.15, 0.2) is 22.7 Å². The lowest BCUT2D eigenvalue weighted by Crippen LogP contribution is -2.15. The van der Waals surface area contributed by atoms with Gasteiger partial charge in [0, 0.05) is 10.2 Å². The highest BCUT2D eigenvalue weighted by atomic mass is 79.9. The second-order valence-electron chi connectivity index (χ2n) is 4.86. The van der Waals surface area contributed by atoms with E-state index in [1.165, 1.54) is 0 Å². The van der Waals surface area contributed by atoms with E-state index in [1.54, 1.807) is 13.0 Å². The molecule has 4 nitrogen and oxygen atoms in total. The molecule has 1 aromatic heterocycles. The van der Waals surface area contributed by atoms with Gasteiger partial charge in [0.05, 0.1) is 17.0 Å². The number of nitrogens with one attached hydrogen (secondary N) is 1. The van der Waals surface area contributed by atoms with E-state index in [-0.39, 0.29) is 5.91 Å². The number of nitrogens with zero attached hydrogens (tertiary/aromatic N) is 2. The summed E-state index contributed by atoms with van der Waals surface area (Å²) >= 11 is 3.51. The molecule has 0 fully saturated rings. The molecular formula is C15H16BrN3O. The smallest absolute Gasteiger partial charge is 0.257 e. The normalized spacial score (nSPS) is 10.4. The van der Waals surface area contributed by atoms with Crippen LogP contribution < -0.4 is 5.32 Å². The minimum atomic E-state index is -0.165. The fourth-order valence-corrected chi connectivity index (χ4v) is 2.23. The van der Waals surface area contributed by atoms with Gasteiger partial charge in [0.1, 0.15) is 0 Å². The Hall–Kier alpha value is -1.75. The van der Waals surface area contributed by atoms with Crippen LogP contribution in [-0.2, 0) is 0 Å². The Morgan fingerprint density at radius 1 is 1.05 bits per heavy atom. The quantitative estimate of drug-likeness (QED) is 0.911. The molecule has 1 aromatic carbocycles. The van der Waals surface area contributed by atoms with E-state index in [0.717, 1.165) is 27.0 Å². The number of rotatable bonds is 2. The zero-order valence-corrected chi connectivity index (χ0v) is 13.5. The fourth-order valence-electron chi connectivity index (χ4n) is 2.00. The van der Waals surface area contributed by atoms with E-state index in [1.807, 2.05) is 32.9 Å². The maximum Gasteiger partial charge on any atom is 0.257 e. The average Bonchev–Trinajstić information content (AvgIpc) is 2.38. The standard InChI is InChI=1S/C15H16BrN3O/c1-8-5-12(6-9(2)14(8)16)17-15(20)13-7-10(3)18-19-11(13)4/h5-7H,1-4H3,(H,17,20). The van der Waals surface area contributed by atoms with Crippen molar-refractivity contribution in [1.82, 2.24) is 10.2 Å². The summed E-state index contributed by atoms with van der Waals surface area (Å²) in [6.45, 7) is 7.59. The molecule has 0 bridgehead atoms. The lowest BCUT2D eigenvalue weighted by molar-refractivity contribution is 0.102. The molecule has 0 aliphatic carbocycles. The molecule has 1 amide bonds. The molecule has 20 heavy (non-hydrogen) atoms. The van der Waals surface area contributed by atoms with Crippen LogP contribution in [0.1, 0.15) is 32.9 Å². The molecule has 5 heteroatoms. The van der Waals surface area contributed by atoms with Crippen molar-refractivity contribution in [3.8, 4) is 0 Å². The maximum atomic E-state index is 12.3. The van der Waals surface area contributed by atoms with E-state index >= 15 is 0 Å². The maximum absolute atomic E-state index is 12.3. The Morgan fingerprint density at radius 3 is 2.25 bits per heavy atom. The highest BCUT2D eigenvalue weighted by Crippen LogP contribution is 2.25. The Balaban J connectivity index is 2.30. The summed E-state index contributed by atoms with van der Waals surface area (Å²) in [6, 6.07) is 5.62. The average molecular weight is 334 g/mol. The third kappa shape index (κ3) is 3.04. The SMILES string of the molecule is Cc1cc(C(=O)Nc2cc(C)c(Br)c(C)c2)c(C)nn1. The van der Waals surface area contributed by atoms with E-state index in [4.69, 9.17) is 0 Å². The first-order valence-electron chi connectivity index (χ1n) is 6.27. The van der Waals surface area contributed by atoms with Crippen LogP contribution in [0.2, 0.25) is 0 Å². The topological polar surface area (TPSA) is 54.9 Å². The van der Waals surface area contributed by atoms with Crippen molar-refractivity contribution in [2.24, 2.45) is 0 Å². The number of hydrogen-bond acceptors (Lipinski definition) is 3. The zero-order chi connectivity index (χ0) is 14.9. The molecule has 104 valence electrons. The molecular weight excluding hydrogens is 318 g/mol. The molecule has 0 aliphatic heterocycles. The van der Waals surface area contributed by atoms with Gasteiger partial charge in [-0.25, -0.2) is 0 Å². The van der Waals surface area contributed by atoms with Gasteiger partial charge in [-0.05, 0) is 57.0 Å². The van der Waals surface area contributed by atoms with Crippen molar-refractivity contribution >= 4 is 27.5 Å². The van der Waals surface area contributed by atoms with Gasteiger partial charge in [0.15, 0.2) is 0 Å². The van der Waals surface area contributed by atoms with E-state index in [0.29, 0.717) is 11.3 Å². The highest BCUT2D eigenvalue weighted by Gasteiger charge is 2.12. The summed E-state index contributed by atoms with van der Waals surface area (Å²) in [5.41, 5.74) is 4.85. The first kappa shape index (κ1) is 14.7. The number of hydrogen-bond donors (Lipinski definition) is 1. The molecule has 0 radical (unpaired) electrons. The number of aromatic nitrogens is 2. The van der Waals surface area contributed by atoms with Crippen molar-refractivity contribution in [2.45, 2.75) is 27.7 Å². The second kappa shape index (κ2) is 5.71. The van der Waals surface area contributed by atoms with Crippen molar-refractivity contribution in [3.63, 3.8) is 0 Å². The van der Waals surface area contributed by atoms with Crippen molar-refractivity contribution in [3.05, 3.63) is 50.8 Å². The summed E-state index contributed by atoms with van der Waals surface area (Å²) < 4.78 is 1.06. The van der Waals surface area contributed by atoms with Gasteiger partial charge < -0.3 is 5.32 Å². The molecule has 1 heterocycles. The molecule has 1 N–H and O–H groups in total. The Kier molecular flexibility index (Phi) is 4.18. The minimum absolute atomic E-state index is 0.165. The molecule has 0 saturated heterocycles. The second-order valence-corrected chi connectivity index (χ2v) is 5.66. The third-order valence-electron chi connectivity index (χ3n) is 3.04. The van der Waals surface area contributed by atoms with Crippen LogP contribution >= 0.6 is 15.9 Å². The number of benzene rings is 1. The Bertz CT molecular complexity index is 660. The van der Waals surface area contributed by atoms with Gasteiger partial charge >= 0.3 is 0 Å². The molecule has 2 aromatic rings. The van der Waals surface area contributed by atoms with E-state index < -0.39 is 0 Å². The monoisotopic (exact) mass is 333 g/mol. The predicted molar refractivity (Wildman–Crippen MR) is 83.1 cm³/mol. The van der Waals surface area contributed by atoms with Crippen LogP contribution in [0.4, 0.5) is 5.69 Å². The van der Waals surface area contributed by atoms with Gasteiger partial charge in [0.2, 0.25) is 0 Å². The minimum Gasteiger partial charge on any atom is -0.322 e. The Morgan fingerprint density at radius 2 is 1.65 bits per heavy atom. The summed E-state index contributed by atoms with van der Waals surface area (Å²) in [5, 5.41) is 10.8. The van der Waals surface area contributed by atoms with E-state index in [9.17, 15) is 4.79 Å². The molecule has 2 rings (SSSR count). The molecule has 0 saturated carbocycles. The predicted octanol–water partition coefficient (Wildman–Crippen LogP) is 3.73. The van der Waals surface area contributed by atoms with Crippen molar-refractivity contribution in [2.75, 3.05) is 5.32 Å². The fraction of sp³-hybridized carbons (Fsp3) is 0.267. The molecule has 0 aliphatic rings. The number of anilines is 1. The first-order chi connectivity index (χ1) is 9.38. The zero-order valence-electron chi connectivity index (χ0n) is 11.9. The van der Waals surface area contributed by atoms with Crippen LogP contribution in [0.3, 0.4) is 0 Å². The van der Waals surface area contributed by atoms with Crippen molar-refractivity contribution in [1.29, 1.82) is 0 Å². The number of aryl methyl sites for hydroxylation is 4. The first-order valence-corrected chi connectivity index (χ1v) is 7.07. The van der Waals surface area contributed by atoms with Gasteiger partial charge in [-0.15, -0.1) is 0 Å². The van der Waals surface area contributed by atoms with Gasteiger partial charge in [-0.2, -0.15) is 10.2 Å². The van der Waals surface area contributed by atoms with Crippen LogP contribution in [0.5, 0.6) is 0 Å². The van der Waals surface area contributed by atoms with Gasteiger partial charge in [-0.3, -0.25) is 4.79 Å². The summed E-state index contributed by atoms with van der Waals surface area (Å²) in [4.78, 5) is 12.3. The van der Waals surface area contributed by atoms with Crippen LogP contribution in [-0.4, -0.2) is 16.1 Å². The summed E-state index contributed by atoms with van der Waals surface area (Å²) in [5.74, 6) is -0.165. The third-order valence-corrected chi connectivity index (χ3v) is 4.29. The Labute approximate surface area is 126 Å². The largest absolute Gasteiger partial charge is 0.322 e. The van der Waals surface area contributed by atoms with Gasteiger partial charge in [0.25, 0.3) is 5.91 Å². The summed E-state index contributed by atoms with van der Waals surface area (Å²) in [6.07, 6.45) is 0. The highest BCUT2D eigenvalue weighted by molar-refractivity contribution is 9.10. The van der Waals surface area contributed by atoms with Crippen LogP contribution in [0.25, 0.3) is 0 Å². The lowest BCUT2D eigenvalue weighted by atomic mass is 10.1. The number of halogens is 1. The lowest BCUT2D eigenvalue weighted by Gasteiger charge is -2.10.